The molecule has 0 fully saturated rings. The van der Waals surface area contributed by atoms with E-state index in [1.807, 2.05) is 0 Å². The zero-order valence-corrected chi connectivity index (χ0v) is 10.6. The normalized spacial score (nSPS) is 11.9. The topological polar surface area (TPSA) is 78.2 Å². The van der Waals surface area contributed by atoms with Gasteiger partial charge in [0.25, 0.3) is 0 Å². The Balaban J connectivity index is 2.33. The second-order valence-corrected chi connectivity index (χ2v) is 5.21. The molecule has 4 nitrogen and oxygen atoms in total. The highest BCUT2D eigenvalue weighted by Crippen LogP contribution is 2.26. The summed E-state index contributed by atoms with van der Waals surface area (Å²) in [5.41, 5.74) is 6.44. The molecule has 0 saturated carbocycles. The number of hydrogen-bond donors (Lipinski definition) is 2. The monoisotopic (exact) mass is 278 g/mol. The van der Waals surface area contributed by atoms with Gasteiger partial charge in [0.1, 0.15) is 5.82 Å². The molecule has 0 bridgehead atoms. The van der Waals surface area contributed by atoms with E-state index in [4.69, 9.17) is 5.73 Å². The van der Waals surface area contributed by atoms with E-state index in [9.17, 15) is 13.7 Å². The number of carbonyl (C=O) groups excluding carboxylic acids is 1. The van der Waals surface area contributed by atoms with E-state index in [1.54, 1.807) is 12.1 Å². The second kappa shape index (κ2) is 5.73. The standard InChI is InChI=1S/C13H11FN2O2S/c14-9-1-3-10(4-2-9)19(18)11-5-6-12(15)13(7-11)16-8-17/h1-8H,15H2,(H,16,17). The van der Waals surface area contributed by atoms with Crippen LogP contribution >= 0.6 is 0 Å². The van der Waals surface area contributed by atoms with Crippen LogP contribution in [-0.2, 0) is 16.0 Å². The highest BCUT2D eigenvalue weighted by molar-refractivity contribution is 7.91. The van der Waals surface area contributed by atoms with Crippen LogP contribution < -0.4 is 11.1 Å². The molecule has 2 rings (SSSR count). The first-order valence-electron chi connectivity index (χ1n) is 5.39. The average molecular weight is 278 g/mol. The van der Waals surface area contributed by atoms with Crippen molar-refractivity contribution in [2.24, 2.45) is 0 Å². The minimum absolute atomic E-state index is 0.381. The van der Waals surface area contributed by atoms with Crippen molar-refractivity contribution in [3.05, 3.63) is 48.3 Å². The van der Waals surface area contributed by atoms with Crippen molar-refractivity contribution in [2.45, 2.75) is 9.79 Å². The van der Waals surface area contributed by atoms with E-state index in [0.29, 0.717) is 27.6 Å². The lowest BCUT2D eigenvalue weighted by Crippen LogP contribution is -2.05. The van der Waals surface area contributed by atoms with Gasteiger partial charge in [-0.1, -0.05) is 0 Å². The van der Waals surface area contributed by atoms with E-state index in [2.05, 4.69) is 5.32 Å². The fourth-order valence-corrected chi connectivity index (χ4v) is 2.61. The molecule has 0 spiro atoms. The Morgan fingerprint density at radius 1 is 1.16 bits per heavy atom. The van der Waals surface area contributed by atoms with Crippen LogP contribution in [0.2, 0.25) is 0 Å². The molecule has 0 aliphatic rings. The smallest absolute Gasteiger partial charge is 0.211 e. The Hall–Kier alpha value is -2.05. The summed E-state index contributed by atoms with van der Waals surface area (Å²) in [5.74, 6) is -0.388. The Morgan fingerprint density at radius 2 is 1.79 bits per heavy atom. The number of nitrogen functional groups attached to an aromatic ring is 1. The third kappa shape index (κ3) is 3.04. The predicted octanol–water partition coefficient (Wildman–Crippen LogP) is 2.14. The molecule has 19 heavy (non-hydrogen) atoms. The molecule has 0 radical (unpaired) electrons. The van der Waals surface area contributed by atoms with Gasteiger partial charge in [-0.05, 0) is 36.4 Å². The van der Waals surface area contributed by atoms with Crippen LogP contribution in [0.25, 0.3) is 0 Å². The van der Waals surface area contributed by atoms with Crippen LogP contribution in [0.5, 0.6) is 0 Å². The highest BCUT2D eigenvalue weighted by atomic mass is 32.2. The van der Waals surface area contributed by atoms with Gasteiger partial charge in [-0.25, -0.2) is 4.39 Å². The average Bonchev–Trinajstić information content (AvgIpc) is 2.41. The molecule has 2 aromatic carbocycles. The fraction of sp³-hybridized carbons (Fsp3) is 0. The van der Waals surface area contributed by atoms with Crippen molar-refractivity contribution >= 4 is 29.0 Å². The van der Waals surface area contributed by atoms with E-state index in [-0.39, 0.29) is 5.82 Å². The van der Waals surface area contributed by atoms with E-state index in [1.165, 1.54) is 30.3 Å². The van der Waals surface area contributed by atoms with Gasteiger partial charge in [0, 0.05) is 17.2 Å². The minimum atomic E-state index is -1.46. The summed E-state index contributed by atoms with van der Waals surface area (Å²) in [4.78, 5) is 11.4. The Morgan fingerprint density at radius 3 is 2.42 bits per heavy atom. The van der Waals surface area contributed by atoms with Crippen molar-refractivity contribution in [1.82, 2.24) is 0 Å². The number of rotatable bonds is 4. The van der Waals surface area contributed by atoms with E-state index >= 15 is 0 Å². The van der Waals surface area contributed by atoms with Gasteiger partial charge >= 0.3 is 0 Å². The van der Waals surface area contributed by atoms with Crippen molar-refractivity contribution in [1.29, 1.82) is 0 Å². The van der Waals surface area contributed by atoms with Gasteiger partial charge in [-0.3, -0.25) is 4.79 Å². The molecule has 1 atom stereocenters. The number of nitrogens with two attached hydrogens (primary N) is 1. The molecule has 0 aromatic heterocycles. The number of benzene rings is 2. The summed E-state index contributed by atoms with van der Waals surface area (Å²) in [6.45, 7) is 0. The molecule has 0 aliphatic carbocycles. The van der Waals surface area contributed by atoms with Gasteiger partial charge in [-0.15, -0.1) is 0 Å². The third-order valence-corrected chi connectivity index (χ3v) is 3.86. The zero-order valence-electron chi connectivity index (χ0n) is 9.80. The molecule has 0 heterocycles. The first kappa shape index (κ1) is 13.4. The fourth-order valence-electron chi connectivity index (χ4n) is 1.53. The number of anilines is 2. The summed E-state index contributed by atoms with van der Waals surface area (Å²) in [6, 6.07) is 10.1. The predicted molar refractivity (Wildman–Crippen MR) is 71.6 cm³/mol. The van der Waals surface area contributed by atoms with Gasteiger partial charge in [0.2, 0.25) is 6.41 Å². The summed E-state index contributed by atoms with van der Waals surface area (Å²) >= 11 is -1.46. The summed E-state index contributed by atoms with van der Waals surface area (Å²) in [5, 5.41) is 2.43. The van der Waals surface area contributed by atoms with Crippen LogP contribution in [0, 0.1) is 5.82 Å². The Labute approximate surface area is 112 Å². The third-order valence-electron chi connectivity index (χ3n) is 2.48. The molecule has 1 unspecified atom stereocenters. The number of amides is 1. The van der Waals surface area contributed by atoms with Gasteiger partial charge < -0.3 is 15.6 Å². The largest absolute Gasteiger partial charge is 0.606 e. The molecular weight excluding hydrogens is 267 g/mol. The maximum atomic E-state index is 12.8. The van der Waals surface area contributed by atoms with Crippen molar-refractivity contribution in [3.63, 3.8) is 0 Å². The molecule has 0 saturated heterocycles. The molecule has 6 heteroatoms. The minimum Gasteiger partial charge on any atom is -0.606 e. The summed E-state index contributed by atoms with van der Waals surface area (Å²) in [7, 11) is 0. The molecular formula is C13H11FN2O2S. The lowest BCUT2D eigenvalue weighted by atomic mass is 10.3. The summed E-state index contributed by atoms with van der Waals surface area (Å²) in [6.07, 6.45) is 0.496. The molecule has 98 valence electrons. The molecule has 3 N–H and O–H groups in total. The highest BCUT2D eigenvalue weighted by Gasteiger charge is 2.16. The van der Waals surface area contributed by atoms with Crippen LogP contribution in [-0.4, -0.2) is 11.0 Å². The Bertz CT molecular complexity index is 590. The quantitative estimate of drug-likeness (QED) is 0.511. The summed E-state index contributed by atoms with van der Waals surface area (Å²) < 4.78 is 25.1. The number of carbonyl (C=O) groups is 1. The van der Waals surface area contributed by atoms with Crippen LogP contribution in [0.1, 0.15) is 0 Å². The van der Waals surface area contributed by atoms with E-state index in [0.717, 1.165) is 0 Å². The first-order chi connectivity index (χ1) is 9.11. The number of hydrogen-bond acceptors (Lipinski definition) is 3. The maximum absolute atomic E-state index is 12.8. The lowest BCUT2D eigenvalue weighted by molar-refractivity contribution is -0.105. The Kier molecular flexibility index (Phi) is 4.03. The van der Waals surface area contributed by atoms with E-state index < -0.39 is 11.2 Å². The van der Waals surface area contributed by atoms with Crippen molar-refractivity contribution in [2.75, 3.05) is 11.1 Å². The van der Waals surface area contributed by atoms with Gasteiger partial charge in [0.15, 0.2) is 9.79 Å². The molecule has 0 aliphatic heterocycles. The maximum Gasteiger partial charge on any atom is 0.211 e. The van der Waals surface area contributed by atoms with Gasteiger partial charge in [0.05, 0.1) is 11.4 Å². The molecule has 2 aromatic rings. The number of nitrogens with one attached hydrogen (secondary N) is 1. The molecule has 1 amide bonds. The second-order valence-electron chi connectivity index (χ2n) is 3.73. The van der Waals surface area contributed by atoms with Crippen LogP contribution in [0.4, 0.5) is 15.8 Å². The van der Waals surface area contributed by atoms with Crippen molar-refractivity contribution in [3.8, 4) is 0 Å². The van der Waals surface area contributed by atoms with Crippen LogP contribution in [0.15, 0.2) is 52.3 Å². The first-order valence-corrected chi connectivity index (χ1v) is 6.54. The lowest BCUT2D eigenvalue weighted by Gasteiger charge is -2.12. The zero-order chi connectivity index (χ0) is 13.8. The van der Waals surface area contributed by atoms with Crippen molar-refractivity contribution < 1.29 is 13.7 Å². The van der Waals surface area contributed by atoms with Gasteiger partial charge in [-0.2, -0.15) is 0 Å². The number of halogens is 1. The SMILES string of the molecule is Nc1ccc([S+]([O-])c2ccc(F)cc2)cc1NC=O. The van der Waals surface area contributed by atoms with Crippen LogP contribution in [0.3, 0.4) is 0 Å².